The fraction of sp³-hybridized carbons (Fsp3) is 0. The SMILES string of the molecule is O=C(O)c1ccc(Oc2cc(C(=O)O)ccc2C(=O)c2ccccc2)cc1. The maximum Gasteiger partial charge on any atom is 0.335 e. The van der Waals surface area contributed by atoms with Crippen molar-refractivity contribution in [2.24, 2.45) is 0 Å². The number of carbonyl (C=O) groups is 3. The molecule has 0 aliphatic carbocycles. The lowest BCUT2D eigenvalue weighted by atomic mass is 10.0. The maximum absolute atomic E-state index is 12.8. The van der Waals surface area contributed by atoms with E-state index in [-0.39, 0.29) is 34.0 Å². The number of benzene rings is 3. The van der Waals surface area contributed by atoms with E-state index < -0.39 is 11.9 Å². The first-order valence-corrected chi connectivity index (χ1v) is 7.94. The van der Waals surface area contributed by atoms with Gasteiger partial charge >= 0.3 is 11.9 Å². The van der Waals surface area contributed by atoms with Crippen LogP contribution >= 0.6 is 0 Å². The van der Waals surface area contributed by atoms with Crippen molar-refractivity contribution >= 4 is 17.7 Å². The second-order valence-electron chi connectivity index (χ2n) is 5.64. The number of aromatic carboxylic acids is 2. The number of ether oxygens (including phenoxy) is 1. The summed E-state index contributed by atoms with van der Waals surface area (Å²) in [6.45, 7) is 0. The van der Waals surface area contributed by atoms with Crippen LogP contribution in [-0.2, 0) is 0 Å². The molecule has 134 valence electrons. The molecule has 2 N–H and O–H groups in total. The number of carbonyl (C=O) groups excluding carboxylic acids is 1. The molecule has 6 heteroatoms. The van der Waals surface area contributed by atoms with Crippen molar-refractivity contribution in [2.75, 3.05) is 0 Å². The molecule has 0 spiro atoms. The summed E-state index contributed by atoms with van der Waals surface area (Å²) in [5, 5.41) is 18.2. The number of rotatable bonds is 6. The minimum atomic E-state index is -1.15. The number of hydrogen-bond donors (Lipinski definition) is 2. The predicted molar refractivity (Wildman–Crippen MR) is 96.8 cm³/mol. The lowest BCUT2D eigenvalue weighted by Crippen LogP contribution is -2.06. The molecule has 0 radical (unpaired) electrons. The van der Waals surface area contributed by atoms with Gasteiger partial charge in [-0.1, -0.05) is 30.3 Å². The van der Waals surface area contributed by atoms with Crippen molar-refractivity contribution in [3.63, 3.8) is 0 Å². The summed E-state index contributed by atoms with van der Waals surface area (Å²) >= 11 is 0. The van der Waals surface area contributed by atoms with Crippen LogP contribution in [-0.4, -0.2) is 27.9 Å². The molecule has 0 bridgehead atoms. The van der Waals surface area contributed by atoms with Gasteiger partial charge in [-0.3, -0.25) is 4.79 Å². The van der Waals surface area contributed by atoms with Crippen LogP contribution < -0.4 is 4.74 Å². The molecule has 0 unspecified atom stereocenters. The highest BCUT2D eigenvalue weighted by molar-refractivity contribution is 6.11. The van der Waals surface area contributed by atoms with Crippen molar-refractivity contribution in [1.29, 1.82) is 0 Å². The van der Waals surface area contributed by atoms with E-state index in [2.05, 4.69) is 0 Å². The number of carboxylic acids is 2. The van der Waals surface area contributed by atoms with Crippen molar-refractivity contribution in [2.45, 2.75) is 0 Å². The van der Waals surface area contributed by atoms with E-state index in [4.69, 9.17) is 9.84 Å². The summed E-state index contributed by atoms with van der Waals surface area (Å²) in [7, 11) is 0. The lowest BCUT2D eigenvalue weighted by Gasteiger charge is -2.12. The third-order valence-electron chi connectivity index (χ3n) is 3.84. The Bertz CT molecular complexity index is 1010. The topological polar surface area (TPSA) is 101 Å². The molecule has 0 aliphatic heterocycles. The summed E-state index contributed by atoms with van der Waals surface area (Å²) in [6, 6.07) is 18.1. The first-order chi connectivity index (χ1) is 13.0. The molecule has 0 aliphatic rings. The van der Waals surface area contributed by atoms with Crippen LogP contribution in [0.25, 0.3) is 0 Å². The second kappa shape index (κ2) is 7.53. The van der Waals surface area contributed by atoms with E-state index >= 15 is 0 Å². The van der Waals surface area contributed by atoms with Gasteiger partial charge in [0.1, 0.15) is 11.5 Å². The zero-order valence-electron chi connectivity index (χ0n) is 14.0. The van der Waals surface area contributed by atoms with Gasteiger partial charge in [0.05, 0.1) is 16.7 Å². The molecule has 27 heavy (non-hydrogen) atoms. The number of carboxylic acid groups (broad SMARTS) is 2. The van der Waals surface area contributed by atoms with Crippen LogP contribution in [0, 0.1) is 0 Å². The monoisotopic (exact) mass is 362 g/mol. The Labute approximate surface area is 154 Å². The highest BCUT2D eigenvalue weighted by Crippen LogP contribution is 2.29. The van der Waals surface area contributed by atoms with Crippen molar-refractivity contribution < 1.29 is 29.3 Å². The molecule has 0 heterocycles. The van der Waals surface area contributed by atoms with E-state index in [1.807, 2.05) is 0 Å². The molecule has 0 fully saturated rings. The van der Waals surface area contributed by atoms with Gasteiger partial charge in [0.2, 0.25) is 0 Å². The minimum Gasteiger partial charge on any atom is -0.478 e. The van der Waals surface area contributed by atoms with Crippen LogP contribution in [0.15, 0.2) is 72.8 Å². The first-order valence-electron chi connectivity index (χ1n) is 7.94. The third-order valence-corrected chi connectivity index (χ3v) is 3.84. The zero-order valence-corrected chi connectivity index (χ0v) is 14.0. The normalized spacial score (nSPS) is 10.2. The number of ketones is 1. The van der Waals surface area contributed by atoms with Gasteiger partial charge < -0.3 is 14.9 Å². The summed E-state index contributed by atoms with van der Waals surface area (Å²) in [6.07, 6.45) is 0. The summed E-state index contributed by atoms with van der Waals surface area (Å²) in [4.78, 5) is 35.0. The van der Waals surface area contributed by atoms with Crippen LogP contribution in [0.5, 0.6) is 11.5 Å². The molecule has 0 atom stereocenters. The van der Waals surface area contributed by atoms with E-state index in [9.17, 15) is 19.5 Å². The van der Waals surface area contributed by atoms with Crippen molar-refractivity contribution in [1.82, 2.24) is 0 Å². The van der Waals surface area contributed by atoms with Crippen LogP contribution in [0.1, 0.15) is 36.6 Å². The molecule has 0 aromatic heterocycles. The van der Waals surface area contributed by atoms with E-state index in [0.29, 0.717) is 5.56 Å². The minimum absolute atomic E-state index is 0.0308. The third kappa shape index (κ3) is 4.01. The highest BCUT2D eigenvalue weighted by atomic mass is 16.5. The van der Waals surface area contributed by atoms with Gasteiger partial charge in [0, 0.05) is 5.56 Å². The smallest absolute Gasteiger partial charge is 0.335 e. The average molecular weight is 362 g/mol. The molecule has 3 aromatic rings. The van der Waals surface area contributed by atoms with Gasteiger partial charge in [0.15, 0.2) is 5.78 Å². The molecule has 6 nitrogen and oxygen atoms in total. The molecule has 0 amide bonds. The maximum atomic E-state index is 12.8. The fourth-order valence-corrected chi connectivity index (χ4v) is 2.46. The molecular formula is C21H14O6. The summed E-state index contributed by atoms with van der Waals surface area (Å²) < 4.78 is 5.70. The highest BCUT2D eigenvalue weighted by Gasteiger charge is 2.18. The zero-order chi connectivity index (χ0) is 19.4. The molecule has 0 saturated carbocycles. The summed E-state index contributed by atoms with van der Waals surface area (Å²) in [5.41, 5.74) is 0.694. The van der Waals surface area contributed by atoms with Crippen molar-refractivity contribution in [3.8, 4) is 11.5 Å². The largest absolute Gasteiger partial charge is 0.478 e. The Morgan fingerprint density at radius 2 is 1.26 bits per heavy atom. The van der Waals surface area contributed by atoms with Gasteiger partial charge in [-0.15, -0.1) is 0 Å². The van der Waals surface area contributed by atoms with E-state index in [0.717, 1.165) is 0 Å². The molecule has 3 rings (SSSR count). The summed E-state index contributed by atoms with van der Waals surface area (Å²) in [5.74, 6) is -2.18. The van der Waals surface area contributed by atoms with Gasteiger partial charge in [-0.05, 0) is 42.5 Å². The number of hydrogen-bond acceptors (Lipinski definition) is 4. The van der Waals surface area contributed by atoms with Gasteiger partial charge in [-0.25, -0.2) is 9.59 Å². The van der Waals surface area contributed by atoms with Gasteiger partial charge in [0.25, 0.3) is 0 Å². The van der Waals surface area contributed by atoms with Crippen LogP contribution in [0.4, 0.5) is 0 Å². The Morgan fingerprint density at radius 1 is 0.667 bits per heavy atom. The Hall–Kier alpha value is -3.93. The van der Waals surface area contributed by atoms with Crippen molar-refractivity contribution in [3.05, 3.63) is 95.1 Å². The fourth-order valence-electron chi connectivity index (χ4n) is 2.46. The molecule has 3 aromatic carbocycles. The standard InChI is InChI=1S/C21H14O6/c22-19(13-4-2-1-3-5-13)17-11-8-15(21(25)26)12-18(17)27-16-9-6-14(7-10-16)20(23)24/h1-12H,(H,23,24)(H,25,26). The van der Waals surface area contributed by atoms with E-state index in [1.54, 1.807) is 30.3 Å². The van der Waals surface area contributed by atoms with Crippen LogP contribution in [0.2, 0.25) is 0 Å². The Kier molecular flexibility index (Phi) is 4.99. The first kappa shape index (κ1) is 17.9. The Balaban J connectivity index is 2.00. The Morgan fingerprint density at radius 3 is 1.85 bits per heavy atom. The molecular weight excluding hydrogens is 348 g/mol. The molecule has 0 saturated heterocycles. The predicted octanol–water partition coefficient (Wildman–Crippen LogP) is 4.11. The second-order valence-corrected chi connectivity index (χ2v) is 5.64. The lowest BCUT2D eigenvalue weighted by molar-refractivity contribution is 0.0685. The van der Waals surface area contributed by atoms with Gasteiger partial charge in [-0.2, -0.15) is 0 Å². The van der Waals surface area contributed by atoms with Crippen LogP contribution in [0.3, 0.4) is 0 Å². The average Bonchev–Trinajstić information content (AvgIpc) is 2.68. The van der Waals surface area contributed by atoms with E-state index in [1.165, 1.54) is 42.5 Å². The quantitative estimate of drug-likeness (QED) is 0.640.